The van der Waals surface area contributed by atoms with Crippen molar-refractivity contribution in [1.29, 1.82) is 0 Å². The standard InChI is InChI=1S/C18H40P2.2BrH/c1-5-9-11-13-15-19(7-3)17-18-20(8-4)16-14-12-10-6-2;;/h5-18H2,1-4H3;2*1H. The van der Waals surface area contributed by atoms with Gasteiger partial charge < -0.3 is 0 Å². The first-order chi connectivity index (χ1) is 9.78. The van der Waals surface area contributed by atoms with Gasteiger partial charge in [-0.2, -0.15) is 0 Å². The van der Waals surface area contributed by atoms with Crippen molar-refractivity contribution in [3.8, 4) is 0 Å². The van der Waals surface area contributed by atoms with Gasteiger partial charge in [-0.1, -0.05) is 66.2 Å². The Labute approximate surface area is 165 Å². The summed E-state index contributed by atoms with van der Waals surface area (Å²) in [6.07, 6.45) is 20.9. The third-order valence-corrected chi connectivity index (χ3v) is 10.0. The molecule has 0 aromatic carbocycles. The average Bonchev–Trinajstić information content (AvgIpc) is 2.48. The highest BCUT2D eigenvalue weighted by atomic mass is 79.9. The van der Waals surface area contributed by atoms with Crippen LogP contribution in [0.1, 0.15) is 79.1 Å². The van der Waals surface area contributed by atoms with Gasteiger partial charge in [0.15, 0.2) is 0 Å². The van der Waals surface area contributed by atoms with Crippen LogP contribution in [0.5, 0.6) is 0 Å². The highest BCUT2D eigenvalue weighted by Crippen LogP contribution is 2.43. The first-order valence-electron chi connectivity index (χ1n) is 9.23. The number of halogens is 2. The zero-order chi connectivity index (χ0) is 15.1. The van der Waals surface area contributed by atoms with E-state index in [2.05, 4.69) is 27.7 Å². The molecule has 138 valence electrons. The Morgan fingerprint density at radius 3 is 1.09 bits per heavy atom. The summed E-state index contributed by atoms with van der Waals surface area (Å²) in [4.78, 5) is 0. The van der Waals surface area contributed by atoms with E-state index in [9.17, 15) is 0 Å². The van der Waals surface area contributed by atoms with E-state index in [1.807, 2.05) is 0 Å². The smallest absolute Gasteiger partial charge is 0.0286 e. The summed E-state index contributed by atoms with van der Waals surface area (Å²) >= 11 is 0. The van der Waals surface area contributed by atoms with E-state index in [4.69, 9.17) is 0 Å². The van der Waals surface area contributed by atoms with Crippen LogP contribution in [-0.2, 0) is 0 Å². The largest absolute Gasteiger partial charge is 0.114 e. The van der Waals surface area contributed by atoms with Crippen LogP contribution in [0.3, 0.4) is 0 Å². The molecule has 0 saturated heterocycles. The first-order valence-corrected chi connectivity index (χ1v) is 13.0. The normalized spacial score (nSPS) is 13.1. The molecule has 0 N–H and O–H groups in total. The molecule has 2 atom stereocenters. The predicted molar refractivity (Wildman–Crippen MR) is 123 cm³/mol. The third kappa shape index (κ3) is 18.2. The topological polar surface area (TPSA) is 0 Å². The molecular weight excluding hydrogens is 438 g/mol. The van der Waals surface area contributed by atoms with Gasteiger partial charge in [0.1, 0.15) is 0 Å². The van der Waals surface area contributed by atoms with Crippen molar-refractivity contribution in [2.75, 3.05) is 37.0 Å². The Bertz CT molecular complexity index is 172. The van der Waals surface area contributed by atoms with Crippen LogP contribution in [0, 0.1) is 0 Å². The summed E-state index contributed by atoms with van der Waals surface area (Å²) in [5.41, 5.74) is 0. The summed E-state index contributed by atoms with van der Waals surface area (Å²) in [5.74, 6) is 0. The van der Waals surface area contributed by atoms with Crippen molar-refractivity contribution >= 4 is 49.8 Å². The van der Waals surface area contributed by atoms with E-state index >= 15 is 0 Å². The minimum Gasteiger partial charge on any atom is -0.114 e. The Morgan fingerprint density at radius 2 is 0.818 bits per heavy atom. The van der Waals surface area contributed by atoms with E-state index in [0.717, 1.165) is 0 Å². The average molecular weight is 480 g/mol. The van der Waals surface area contributed by atoms with Gasteiger partial charge in [-0.25, -0.2) is 0 Å². The molecule has 0 heterocycles. The van der Waals surface area contributed by atoms with E-state index in [1.165, 1.54) is 63.7 Å². The van der Waals surface area contributed by atoms with Gasteiger partial charge >= 0.3 is 0 Å². The molecule has 0 aliphatic carbocycles. The maximum absolute atomic E-state index is 2.43. The number of unbranched alkanes of at least 4 members (excludes halogenated alkanes) is 6. The van der Waals surface area contributed by atoms with Crippen LogP contribution < -0.4 is 0 Å². The maximum atomic E-state index is 2.43. The molecule has 4 heteroatoms. The molecule has 0 rings (SSSR count). The zero-order valence-electron chi connectivity index (χ0n) is 15.6. The fourth-order valence-electron chi connectivity index (χ4n) is 2.66. The fraction of sp³-hybridized carbons (Fsp3) is 1.00. The molecule has 0 aromatic rings. The molecule has 0 amide bonds. The summed E-state index contributed by atoms with van der Waals surface area (Å²) in [6.45, 7) is 9.49. The summed E-state index contributed by atoms with van der Waals surface area (Å²) in [6, 6.07) is 0. The maximum Gasteiger partial charge on any atom is -0.0286 e. The minimum absolute atomic E-state index is 0. The van der Waals surface area contributed by atoms with E-state index in [0.29, 0.717) is 15.8 Å². The quantitative estimate of drug-likeness (QED) is 0.163. The molecular formula is C18H42Br2P2. The van der Waals surface area contributed by atoms with Gasteiger partial charge in [-0.15, -0.1) is 49.8 Å². The molecule has 0 aliphatic heterocycles. The number of hydrogen-bond acceptors (Lipinski definition) is 0. The van der Waals surface area contributed by atoms with Crippen molar-refractivity contribution in [3.05, 3.63) is 0 Å². The van der Waals surface area contributed by atoms with Gasteiger partial charge in [0, 0.05) is 0 Å². The Hall–Kier alpha value is 1.82. The molecule has 0 bridgehead atoms. The second-order valence-electron chi connectivity index (χ2n) is 5.99. The molecule has 0 aromatic heterocycles. The molecule has 0 saturated carbocycles. The fourth-order valence-corrected chi connectivity index (χ4v) is 7.98. The lowest BCUT2D eigenvalue weighted by molar-refractivity contribution is 0.704. The highest BCUT2D eigenvalue weighted by Gasteiger charge is 2.10. The Morgan fingerprint density at radius 1 is 0.455 bits per heavy atom. The Balaban J connectivity index is -0.00000180. The second kappa shape index (κ2) is 22.8. The van der Waals surface area contributed by atoms with Crippen LogP contribution in [0.25, 0.3) is 0 Å². The predicted octanol–water partition coefficient (Wildman–Crippen LogP) is 8.31. The van der Waals surface area contributed by atoms with Crippen LogP contribution >= 0.6 is 49.8 Å². The molecule has 22 heavy (non-hydrogen) atoms. The molecule has 0 radical (unpaired) electrons. The Kier molecular flexibility index (Phi) is 29.7. The van der Waals surface area contributed by atoms with Gasteiger partial charge in [0.25, 0.3) is 0 Å². The molecule has 0 fully saturated rings. The molecule has 0 aliphatic rings. The van der Waals surface area contributed by atoms with E-state index < -0.39 is 0 Å². The van der Waals surface area contributed by atoms with Crippen LogP contribution in [-0.4, -0.2) is 37.0 Å². The summed E-state index contributed by atoms with van der Waals surface area (Å²) < 4.78 is 0. The van der Waals surface area contributed by atoms with Crippen molar-refractivity contribution in [2.45, 2.75) is 79.1 Å². The second-order valence-corrected chi connectivity index (χ2v) is 11.7. The van der Waals surface area contributed by atoms with Gasteiger partial charge in [0.2, 0.25) is 0 Å². The van der Waals surface area contributed by atoms with Crippen molar-refractivity contribution < 1.29 is 0 Å². The lowest BCUT2D eigenvalue weighted by atomic mass is 10.2. The number of rotatable bonds is 15. The highest BCUT2D eigenvalue weighted by molar-refractivity contribution is 8.93. The van der Waals surface area contributed by atoms with Crippen LogP contribution in [0.4, 0.5) is 0 Å². The number of hydrogen-bond donors (Lipinski definition) is 0. The minimum atomic E-state index is 0. The van der Waals surface area contributed by atoms with Crippen molar-refractivity contribution in [2.24, 2.45) is 0 Å². The SMILES string of the molecule is Br.Br.CCCCCCP(CC)CCP(CC)CCCCCC. The van der Waals surface area contributed by atoms with E-state index in [-0.39, 0.29) is 34.0 Å². The molecule has 0 nitrogen and oxygen atoms in total. The van der Waals surface area contributed by atoms with Crippen LogP contribution in [0.15, 0.2) is 0 Å². The van der Waals surface area contributed by atoms with Crippen LogP contribution in [0.2, 0.25) is 0 Å². The zero-order valence-corrected chi connectivity index (χ0v) is 20.8. The lowest BCUT2D eigenvalue weighted by Gasteiger charge is -2.21. The third-order valence-electron chi connectivity index (χ3n) is 4.28. The lowest BCUT2D eigenvalue weighted by Crippen LogP contribution is -2.01. The molecule has 2 unspecified atom stereocenters. The van der Waals surface area contributed by atoms with E-state index in [1.54, 1.807) is 24.6 Å². The first kappa shape index (κ1) is 28.6. The monoisotopic (exact) mass is 478 g/mol. The summed E-state index contributed by atoms with van der Waals surface area (Å²) in [7, 11) is 0.762. The van der Waals surface area contributed by atoms with Gasteiger partial charge in [-0.3, -0.25) is 0 Å². The van der Waals surface area contributed by atoms with Gasteiger partial charge in [-0.05, 0) is 49.8 Å². The summed E-state index contributed by atoms with van der Waals surface area (Å²) in [5, 5.41) is 0. The van der Waals surface area contributed by atoms with Crippen molar-refractivity contribution in [1.82, 2.24) is 0 Å². The van der Waals surface area contributed by atoms with Crippen molar-refractivity contribution in [3.63, 3.8) is 0 Å². The molecule has 0 spiro atoms. The van der Waals surface area contributed by atoms with Gasteiger partial charge in [0.05, 0.1) is 0 Å².